The first-order valence-electron chi connectivity index (χ1n) is 8.50. The fourth-order valence-electron chi connectivity index (χ4n) is 2.71. The van der Waals surface area contributed by atoms with Gasteiger partial charge in [-0.05, 0) is 50.8 Å². The molecule has 0 bridgehead atoms. The van der Waals surface area contributed by atoms with Gasteiger partial charge in [0.1, 0.15) is 0 Å². The second-order valence-corrected chi connectivity index (χ2v) is 8.32. The lowest BCUT2D eigenvalue weighted by atomic mass is 10.1. The zero-order chi connectivity index (χ0) is 18.3. The molecule has 24 heavy (non-hydrogen) atoms. The van der Waals surface area contributed by atoms with Gasteiger partial charge in [0.15, 0.2) is 0 Å². The predicted molar refractivity (Wildman–Crippen MR) is 99.9 cm³/mol. The fourth-order valence-corrected chi connectivity index (χ4v) is 3.72. The van der Waals surface area contributed by atoms with Gasteiger partial charge < -0.3 is 5.32 Å². The zero-order valence-electron chi connectivity index (χ0n) is 15.4. The molecule has 0 saturated heterocycles. The molecule has 1 atom stereocenters. The molecule has 1 rings (SSSR count). The minimum absolute atomic E-state index is 0.0228. The Morgan fingerprint density at radius 3 is 2.54 bits per heavy atom. The van der Waals surface area contributed by atoms with E-state index < -0.39 is 10.0 Å². The molecule has 0 aliphatic rings. The topological polar surface area (TPSA) is 66.5 Å². The molecule has 0 fully saturated rings. The third kappa shape index (κ3) is 6.15. The van der Waals surface area contributed by atoms with E-state index in [1.54, 1.807) is 0 Å². The minimum atomic E-state index is -3.39. The van der Waals surface area contributed by atoms with E-state index in [9.17, 15) is 13.2 Å². The van der Waals surface area contributed by atoms with Crippen molar-refractivity contribution in [3.05, 3.63) is 29.3 Å². The Morgan fingerprint density at radius 2 is 1.96 bits per heavy atom. The number of nitrogens with one attached hydrogen (secondary N) is 1. The molecule has 0 heterocycles. The average molecular weight is 355 g/mol. The Bertz CT molecular complexity index is 656. The zero-order valence-corrected chi connectivity index (χ0v) is 16.2. The van der Waals surface area contributed by atoms with Crippen LogP contribution in [0, 0.1) is 13.8 Å². The van der Waals surface area contributed by atoms with Crippen LogP contribution in [0.5, 0.6) is 0 Å². The number of sulfonamides is 1. The van der Waals surface area contributed by atoms with Crippen molar-refractivity contribution in [2.24, 2.45) is 0 Å². The standard InChI is InChI=1S/C18H30N2O3S/c1-6-9-15(3)19-18(21)12-8-13-20(24(5,22)23)17-11-7-10-14(2)16(17)4/h7,10-11,15H,6,8-9,12-13H2,1-5H3,(H,19,21)/t15-/m1/s1. The van der Waals surface area contributed by atoms with Crippen LogP contribution in [0.3, 0.4) is 0 Å². The van der Waals surface area contributed by atoms with E-state index in [1.165, 1.54) is 10.6 Å². The smallest absolute Gasteiger partial charge is 0.232 e. The van der Waals surface area contributed by atoms with Crippen LogP contribution in [0.1, 0.15) is 50.7 Å². The van der Waals surface area contributed by atoms with Crippen molar-refractivity contribution in [1.82, 2.24) is 5.32 Å². The molecule has 0 radical (unpaired) electrons. The maximum absolute atomic E-state index is 12.2. The van der Waals surface area contributed by atoms with Crippen LogP contribution in [0.15, 0.2) is 18.2 Å². The van der Waals surface area contributed by atoms with Crippen LogP contribution in [0.4, 0.5) is 5.69 Å². The van der Waals surface area contributed by atoms with E-state index in [4.69, 9.17) is 0 Å². The summed E-state index contributed by atoms with van der Waals surface area (Å²) in [6.45, 7) is 8.25. The summed E-state index contributed by atoms with van der Waals surface area (Å²) in [4.78, 5) is 11.9. The number of carbonyl (C=O) groups is 1. The van der Waals surface area contributed by atoms with Gasteiger partial charge in [0.05, 0.1) is 11.9 Å². The molecule has 5 nitrogen and oxygen atoms in total. The minimum Gasteiger partial charge on any atom is -0.354 e. The van der Waals surface area contributed by atoms with E-state index in [0.717, 1.165) is 24.0 Å². The molecule has 0 saturated carbocycles. The van der Waals surface area contributed by atoms with Crippen molar-refractivity contribution >= 4 is 21.6 Å². The second kappa shape index (κ2) is 9.06. The summed E-state index contributed by atoms with van der Waals surface area (Å²) >= 11 is 0. The van der Waals surface area contributed by atoms with Gasteiger partial charge in [0.2, 0.25) is 15.9 Å². The van der Waals surface area contributed by atoms with Crippen molar-refractivity contribution in [3.8, 4) is 0 Å². The first-order chi connectivity index (χ1) is 11.2. The Labute approximate surface area is 146 Å². The van der Waals surface area contributed by atoms with Crippen LogP contribution in [-0.4, -0.2) is 33.2 Å². The maximum atomic E-state index is 12.2. The molecule has 0 unspecified atom stereocenters. The van der Waals surface area contributed by atoms with E-state index in [1.807, 2.05) is 39.0 Å². The summed E-state index contributed by atoms with van der Waals surface area (Å²) in [5, 5.41) is 2.95. The molecule has 0 aliphatic heterocycles. The van der Waals surface area contributed by atoms with Crippen molar-refractivity contribution in [3.63, 3.8) is 0 Å². The molecule has 1 aromatic rings. The van der Waals surface area contributed by atoms with E-state index in [0.29, 0.717) is 25.1 Å². The molecule has 136 valence electrons. The van der Waals surface area contributed by atoms with Crippen LogP contribution < -0.4 is 9.62 Å². The Morgan fingerprint density at radius 1 is 1.29 bits per heavy atom. The van der Waals surface area contributed by atoms with Gasteiger partial charge in [0.25, 0.3) is 0 Å². The van der Waals surface area contributed by atoms with Crippen LogP contribution in [0.25, 0.3) is 0 Å². The third-order valence-electron chi connectivity index (χ3n) is 4.14. The summed E-state index contributed by atoms with van der Waals surface area (Å²) in [7, 11) is -3.39. The molecular weight excluding hydrogens is 324 g/mol. The summed E-state index contributed by atoms with van der Waals surface area (Å²) < 4.78 is 25.7. The predicted octanol–water partition coefficient (Wildman–Crippen LogP) is 3.15. The quantitative estimate of drug-likeness (QED) is 0.741. The molecule has 0 aliphatic carbocycles. The largest absolute Gasteiger partial charge is 0.354 e. The first kappa shape index (κ1) is 20.5. The number of benzene rings is 1. The van der Waals surface area contributed by atoms with Crippen molar-refractivity contribution < 1.29 is 13.2 Å². The molecule has 6 heteroatoms. The first-order valence-corrected chi connectivity index (χ1v) is 10.3. The summed E-state index contributed by atoms with van der Waals surface area (Å²) in [6.07, 6.45) is 3.99. The highest BCUT2D eigenvalue weighted by Crippen LogP contribution is 2.25. The number of amides is 1. The number of carbonyl (C=O) groups excluding carboxylic acids is 1. The number of hydrogen-bond donors (Lipinski definition) is 1. The van der Waals surface area contributed by atoms with Gasteiger partial charge in [-0.3, -0.25) is 9.10 Å². The van der Waals surface area contributed by atoms with Gasteiger partial charge in [-0.1, -0.05) is 25.5 Å². The highest BCUT2D eigenvalue weighted by atomic mass is 32.2. The van der Waals surface area contributed by atoms with Crippen molar-refractivity contribution in [2.45, 2.75) is 59.4 Å². The van der Waals surface area contributed by atoms with Gasteiger partial charge in [-0.25, -0.2) is 8.42 Å². The van der Waals surface area contributed by atoms with Crippen molar-refractivity contribution in [2.75, 3.05) is 17.1 Å². The lowest BCUT2D eigenvalue weighted by Crippen LogP contribution is -2.35. The Balaban J connectivity index is 2.73. The number of nitrogens with zero attached hydrogens (tertiary/aromatic N) is 1. The normalized spacial score (nSPS) is 12.7. The summed E-state index contributed by atoms with van der Waals surface area (Å²) in [5.41, 5.74) is 2.69. The monoisotopic (exact) mass is 354 g/mol. The SMILES string of the molecule is CCC[C@@H](C)NC(=O)CCCN(c1cccc(C)c1C)S(C)(=O)=O. The van der Waals surface area contributed by atoms with Crippen LogP contribution >= 0.6 is 0 Å². The number of rotatable bonds is 9. The fraction of sp³-hybridized carbons (Fsp3) is 0.611. The van der Waals surface area contributed by atoms with E-state index in [2.05, 4.69) is 12.2 Å². The third-order valence-corrected chi connectivity index (χ3v) is 5.32. The molecular formula is C18H30N2O3S. The average Bonchev–Trinajstić information content (AvgIpc) is 2.46. The highest BCUT2D eigenvalue weighted by molar-refractivity contribution is 7.92. The number of anilines is 1. The molecule has 0 spiro atoms. The van der Waals surface area contributed by atoms with Gasteiger partial charge >= 0.3 is 0 Å². The maximum Gasteiger partial charge on any atom is 0.232 e. The van der Waals surface area contributed by atoms with Gasteiger partial charge in [0, 0.05) is 19.0 Å². The molecule has 1 N–H and O–H groups in total. The van der Waals surface area contributed by atoms with E-state index in [-0.39, 0.29) is 11.9 Å². The second-order valence-electron chi connectivity index (χ2n) is 6.41. The van der Waals surface area contributed by atoms with Crippen LogP contribution in [-0.2, 0) is 14.8 Å². The lowest BCUT2D eigenvalue weighted by molar-refractivity contribution is -0.121. The van der Waals surface area contributed by atoms with Gasteiger partial charge in [-0.15, -0.1) is 0 Å². The molecule has 0 aromatic heterocycles. The molecule has 1 aromatic carbocycles. The lowest BCUT2D eigenvalue weighted by Gasteiger charge is -2.25. The Hall–Kier alpha value is -1.56. The summed E-state index contributed by atoms with van der Waals surface area (Å²) in [6, 6.07) is 5.79. The van der Waals surface area contributed by atoms with Gasteiger partial charge in [-0.2, -0.15) is 0 Å². The summed E-state index contributed by atoms with van der Waals surface area (Å²) in [5.74, 6) is -0.0228. The number of hydrogen-bond acceptors (Lipinski definition) is 3. The Kier molecular flexibility index (Phi) is 7.73. The molecule has 1 amide bonds. The van der Waals surface area contributed by atoms with Crippen molar-refractivity contribution in [1.29, 1.82) is 0 Å². The highest BCUT2D eigenvalue weighted by Gasteiger charge is 2.20. The van der Waals surface area contributed by atoms with Crippen LogP contribution in [0.2, 0.25) is 0 Å². The number of aryl methyl sites for hydroxylation is 1. The van der Waals surface area contributed by atoms with E-state index >= 15 is 0 Å².